The third kappa shape index (κ3) is 5.30. The molecule has 15 heavy (non-hydrogen) atoms. The van der Waals surface area contributed by atoms with E-state index in [0.717, 1.165) is 19.3 Å². The Bertz CT molecular complexity index is 222. The van der Waals surface area contributed by atoms with E-state index in [1.54, 1.807) is 0 Å². The van der Waals surface area contributed by atoms with Gasteiger partial charge in [0.2, 0.25) is 0 Å². The minimum atomic E-state index is -0.751. The van der Waals surface area contributed by atoms with E-state index >= 15 is 0 Å². The lowest BCUT2D eigenvalue weighted by Crippen LogP contribution is -2.20. The molecule has 88 valence electrons. The SMILES string of the molecule is O=C(O)CCCCS(=O)C1CCCCC1. The Morgan fingerprint density at radius 2 is 1.87 bits per heavy atom. The van der Waals surface area contributed by atoms with Gasteiger partial charge in [0.1, 0.15) is 0 Å². The van der Waals surface area contributed by atoms with Gasteiger partial charge in [-0.15, -0.1) is 0 Å². The molecule has 0 radical (unpaired) electrons. The van der Waals surface area contributed by atoms with Crippen molar-refractivity contribution in [2.45, 2.75) is 56.6 Å². The van der Waals surface area contributed by atoms with Crippen molar-refractivity contribution in [2.75, 3.05) is 5.75 Å². The van der Waals surface area contributed by atoms with Crippen molar-refractivity contribution in [1.82, 2.24) is 0 Å². The lowest BCUT2D eigenvalue weighted by molar-refractivity contribution is -0.137. The first-order valence-corrected chi connectivity index (χ1v) is 7.17. The van der Waals surface area contributed by atoms with E-state index in [9.17, 15) is 9.00 Å². The van der Waals surface area contributed by atoms with E-state index in [1.807, 2.05) is 0 Å². The van der Waals surface area contributed by atoms with Crippen LogP contribution in [0.2, 0.25) is 0 Å². The van der Waals surface area contributed by atoms with E-state index in [1.165, 1.54) is 19.3 Å². The number of hydrogen-bond acceptors (Lipinski definition) is 2. The molecule has 0 amide bonds. The van der Waals surface area contributed by atoms with Gasteiger partial charge in [-0.05, 0) is 25.7 Å². The van der Waals surface area contributed by atoms with Crippen LogP contribution in [0.25, 0.3) is 0 Å². The fourth-order valence-electron chi connectivity index (χ4n) is 2.02. The smallest absolute Gasteiger partial charge is 0.303 e. The molecular formula is C11H20O3S. The summed E-state index contributed by atoms with van der Waals surface area (Å²) in [5.41, 5.74) is 0. The van der Waals surface area contributed by atoms with Crippen LogP contribution in [0.3, 0.4) is 0 Å². The molecule has 0 aliphatic heterocycles. The van der Waals surface area contributed by atoms with E-state index in [4.69, 9.17) is 5.11 Å². The molecule has 1 rings (SSSR count). The van der Waals surface area contributed by atoms with Crippen LogP contribution in [0, 0.1) is 0 Å². The summed E-state index contributed by atoms with van der Waals surface area (Å²) in [4.78, 5) is 10.3. The Morgan fingerprint density at radius 1 is 1.20 bits per heavy atom. The minimum absolute atomic E-state index is 0.210. The Balaban J connectivity index is 2.09. The average Bonchev–Trinajstić information content (AvgIpc) is 2.25. The van der Waals surface area contributed by atoms with Gasteiger partial charge in [0.05, 0.1) is 0 Å². The molecule has 1 fully saturated rings. The molecule has 1 N–H and O–H groups in total. The second kappa shape index (κ2) is 6.99. The van der Waals surface area contributed by atoms with E-state index < -0.39 is 16.8 Å². The van der Waals surface area contributed by atoms with Crippen LogP contribution in [0.1, 0.15) is 51.4 Å². The zero-order chi connectivity index (χ0) is 11.1. The Labute approximate surface area is 93.7 Å². The molecule has 1 aliphatic carbocycles. The normalized spacial score (nSPS) is 20.0. The van der Waals surface area contributed by atoms with Crippen molar-refractivity contribution in [3.05, 3.63) is 0 Å². The molecule has 1 aliphatic rings. The third-order valence-electron chi connectivity index (χ3n) is 2.91. The summed E-state index contributed by atoms with van der Waals surface area (Å²) in [6.45, 7) is 0. The quantitative estimate of drug-likeness (QED) is 0.715. The van der Waals surface area contributed by atoms with Gasteiger partial charge in [0.15, 0.2) is 0 Å². The van der Waals surface area contributed by atoms with Gasteiger partial charge >= 0.3 is 5.97 Å². The average molecular weight is 232 g/mol. The van der Waals surface area contributed by atoms with Crippen molar-refractivity contribution in [3.63, 3.8) is 0 Å². The summed E-state index contributed by atoms with van der Waals surface area (Å²) in [5.74, 6) is -0.0590. The van der Waals surface area contributed by atoms with Crippen LogP contribution >= 0.6 is 0 Å². The molecule has 0 aromatic heterocycles. The maximum absolute atomic E-state index is 11.8. The number of carboxylic acids is 1. The summed E-state index contributed by atoms with van der Waals surface area (Å²) in [7, 11) is -0.714. The van der Waals surface area contributed by atoms with Crippen LogP contribution in [0.15, 0.2) is 0 Å². The van der Waals surface area contributed by atoms with Crippen LogP contribution in [0.4, 0.5) is 0 Å². The fraction of sp³-hybridized carbons (Fsp3) is 0.909. The maximum Gasteiger partial charge on any atom is 0.303 e. The maximum atomic E-state index is 11.8. The van der Waals surface area contributed by atoms with Gasteiger partial charge < -0.3 is 5.11 Å². The number of unbranched alkanes of at least 4 members (excludes halogenated alkanes) is 1. The van der Waals surface area contributed by atoms with Crippen LogP contribution in [-0.4, -0.2) is 26.3 Å². The largest absolute Gasteiger partial charge is 0.481 e. The predicted molar refractivity (Wildman–Crippen MR) is 61.4 cm³/mol. The zero-order valence-corrected chi connectivity index (χ0v) is 9.93. The fourth-order valence-corrected chi connectivity index (χ4v) is 3.70. The van der Waals surface area contributed by atoms with Gasteiger partial charge in [-0.2, -0.15) is 0 Å². The molecule has 0 bridgehead atoms. The van der Waals surface area contributed by atoms with Gasteiger partial charge in [-0.1, -0.05) is 19.3 Å². The molecule has 0 saturated heterocycles. The number of carbonyl (C=O) groups is 1. The summed E-state index contributed by atoms with van der Waals surface area (Å²) < 4.78 is 11.8. The van der Waals surface area contributed by atoms with E-state index in [-0.39, 0.29) is 6.42 Å². The molecule has 1 saturated carbocycles. The topological polar surface area (TPSA) is 54.4 Å². The highest BCUT2D eigenvalue weighted by Crippen LogP contribution is 2.22. The van der Waals surface area contributed by atoms with Crippen LogP contribution in [0.5, 0.6) is 0 Å². The predicted octanol–water partition coefficient (Wildman–Crippen LogP) is 2.32. The first-order chi connectivity index (χ1) is 7.20. The number of hydrogen-bond donors (Lipinski definition) is 1. The summed E-state index contributed by atoms with van der Waals surface area (Å²) in [5, 5.41) is 8.84. The first kappa shape index (κ1) is 12.7. The summed E-state index contributed by atoms with van der Waals surface area (Å²) in [6, 6.07) is 0. The number of carboxylic acid groups (broad SMARTS) is 1. The molecular weight excluding hydrogens is 212 g/mol. The van der Waals surface area contributed by atoms with Gasteiger partial charge in [-0.3, -0.25) is 9.00 Å². The molecule has 1 unspecified atom stereocenters. The van der Waals surface area contributed by atoms with Crippen LogP contribution in [-0.2, 0) is 15.6 Å². The Kier molecular flexibility index (Phi) is 5.91. The number of rotatable bonds is 6. The second-order valence-electron chi connectivity index (χ2n) is 4.20. The van der Waals surface area contributed by atoms with Crippen LogP contribution < -0.4 is 0 Å². The van der Waals surface area contributed by atoms with E-state index in [2.05, 4.69) is 0 Å². The lowest BCUT2D eigenvalue weighted by atomic mass is 10.0. The monoisotopic (exact) mass is 232 g/mol. The molecule has 3 nitrogen and oxygen atoms in total. The zero-order valence-electron chi connectivity index (χ0n) is 9.11. The van der Waals surface area contributed by atoms with Crippen molar-refractivity contribution in [2.24, 2.45) is 0 Å². The molecule has 1 atom stereocenters. The van der Waals surface area contributed by atoms with E-state index in [0.29, 0.717) is 17.4 Å². The highest BCUT2D eigenvalue weighted by atomic mass is 32.2. The van der Waals surface area contributed by atoms with Gasteiger partial charge in [0, 0.05) is 28.2 Å². The highest BCUT2D eigenvalue weighted by molar-refractivity contribution is 7.85. The third-order valence-corrected chi connectivity index (χ3v) is 4.82. The van der Waals surface area contributed by atoms with Crippen molar-refractivity contribution >= 4 is 16.8 Å². The Hall–Kier alpha value is -0.380. The molecule has 0 spiro atoms. The summed E-state index contributed by atoms with van der Waals surface area (Å²) in [6.07, 6.45) is 7.58. The molecule has 0 heterocycles. The van der Waals surface area contributed by atoms with Gasteiger partial charge in [0.25, 0.3) is 0 Å². The van der Waals surface area contributed by atoms with Crippen molar-refractivity contribution < 1.29 is 14.1 Å². The van der Waals surface area contributed by atoms with Crippen molar-refractivity contribution in [3.8, 4) is 0 Å². The lowest BCUT2D eigenvalue weighted by Gasteiger charge is -2.20. The summed E-state index contributed by atoms with van der Waals surface area (Å²) >= 11 is 0. The van der Waals surface area contributed by atoms with Crippen molar-refractivity contribution in [1.29, 1.82) is 0 Å². The molecule has 0 aromatic carbocycles. The standard InChI is InChI=1S/C11H20O3S/c12-11(13)8-4-5-9-15(14)10-6-2-1-3-7-10/h10H,1-9H2,(H,12,13). The first-order valence-electron chi connectivity index (χ1n) is 5.79. The molecule has 4 heteroatoms. The Morgan fingerprint density at radius 3 is 2.47 bits per heavy atom. The molecule has 0 aromatic rings. The second-order valence-corrected chi connectivity index (χ2v) is 6.03. The highest BCUT2D eigenvalue weighted by Gasteiger charge is 2.18. The van der Waals surface area contributed by atoms with Gasteiger partial charge in [-0.25, -0.2) is 0 Å². The minimum Gasteiger partial charge on any atom is -0.481 e. The number of aliphatic carboxylic acids is 1.